The van der Waals surface area contributed by atoms with Crippen LogP contribution in [0.15, 0.2) is 18.2 Å². The topological polar surface area (TPSA) is 66.4 Å². The van der Waals surface area contributed by atoms with Crippen molar-refractivity contribution >= 4 is 33.0 Å². The van der Waals surface area contributed by atoms with Crippen molar-refractivity contribution in [3.05, 3.63) is 33.8 Å². The summed E-state index contributed by atoms with van der Waals surface area (Å²) in [5, 5.41) is 14.2. The van der Waals surface area contributed by atoms with Crippen LogP contribution in [0.25, 0.3) is 0 Å². The third kappa shape index (κ3) is 4.33. The summed E-state index contributed by atoms with van der Waals surface area (Å²) in [6.07, 6.45) is 0.648. The van der Waals surface area contributed by atoms with Gasteiger partial charge in [-0.2, -0.15) is 0 Å². The molecule has 1 aliphatic heterocycles. The summed E-state index contributed by atoms with van der Waals surface area (Å²) in [5.74, 6) is 0.386. The summed E-state index contributed by atoms with van der Waals surface area (Å²) in [7, 11) is -2.95. The summed E-state index contributed by atoms with van der Waals surface area (Å²) in [6, 6.07) is 4.80. The predicted molar refractivity (Wildman–Crippen MR) is 81.1 cm³/mol. The summed E-state index contributed by atoms with van der Waals surface area (Å²) >= 11 is 11.9. The first-order valence-corrected chi connectivity index (χ1v) is 9.02. The average Bonchev–Trinajstić information content (AvgIpc) is 2.38. The SMILES string of the molecule is O=S1(=O)CCCC(NCC(O)c2cc(Cl)ccc2Cl)C1. The zero-order chi connectivity index (χ0) is 14.8. The second kappa shape index (κ2) is 6.62. The molecule has 2 unspecified atom stereocenters. The van der Waals surface area contributed by atoms with E-state index in [4.69, 9.17) is 23.2 Å². The van der Waals surface area contributed by atoms with Gasteiger partial charge in [0.25, 0.3) is 0 Å². The minimum Gasteiger partial charge on any atom is -0.387 e. The van der Waals surface area contributed by atoms with E-state index in [1.165, 1.54) is 0 Å². The summed E-state index contributed by atoms with van der Waals surface area (Å²) in [6.45, 7) is 0.250. The second-order valence-electron chi connectivity index (χ2n) is 5.04. The van der Waals surface area contributed by atoms with Gasteiger partial charge in [0.1, 0.15) is 0 Å². The Morgan fingerprint density at radius 1 is 1.40 bits per heavy atom. The maximum Gasteiger partial charge on any atom is 0.151 e. The van der Waals surface area contributed by atoms with E-state index in [-0.39, 0.29) is 24.1 Å². The van der Waals surface area contributed by atoms with Gasteiger partial charge in [-0.15, -0.1) is 0 Å². The molecular formula is C13H17Cl2NO3S. The Hall–Kier alpha value is -0.330. The Morgan fingerprint density at radius 3 is 2.85 bits per heavy atom. The van der Waals surface area contributed by atoms with Crippen LogP contribution in [-0.4, -0.2) is 37.6 Å². The number of aliphatic hydroxyl groups is 1. The molecule has 2 N–H and O–H groups in total. The highest BCUT2D eigenvalue weighted by Gasteiger charge is 2.25. The molecule has 0 saturated carbocycles. The Balaban J connectivity index is 1.95. The molecule has 0 bridgehead atoms. The van der Waals surface area contributed by atoms with Crippen molar-refractivity contribution in [3.63, 3.8) is 0 Å². The predicted octanol–water partition coefficient (Wildman–Crippen LogP) is 2.19. The Morgan fingerprint density at radius 2 is 2.15 bits per heavy atom. The van der Waals surface area contributed by atoms with E-state index in [0.717, 1.165) is 6.42 Å². The van der Waals surface area contributed by atoms with Crippen molar-refractivity contribution in [1.82, 2.24) is 5.32 Å². The van der Waals surface area contributed by atoms with Crippen LogP contribution in [0.1, 0.15) is 24.5 Å². The number of hydrogen-bond acceptors (Lipinski definition) is 4. The first-order chi connectivity index (χ1) is 9.37. The maximum atomic E-state index is 11.5. The quantitative estimate of drug-likeness (QED) is 0.883. The van der Waals surface area contributed by atoms with Crippen molar-refractivity contribution in [2.75, 3.05) is 18.1 Å². The van der Waals surface area contributed by atoms with Gasteiger partial charge in [-0.1, -0.05) is 23.2 Å². The molecule has 2 rings (SSSR count). The van der Waals surface area contributed by atoms with E-state index < -0.39 is 15.9 Å². The number of hydrogen-bond donors (Lipinski definition) is 2. The molecule has 1 heterocycles. The fraction of sp³-hybridized carbons (Fsp3) is 0.538. The first kappa shape index (κ1) is 16.0. The normalized spacial score (nSPS) is 23.4. The van der Waals surface area contributed by atoms with E-state index in [1.54, 1.807) is 18.2 Å². The number of halogens is 2. The van der Waals surface area contributed by atoms with Gasteiger partial charge in [-0.05, 0) is 31.0 Å². The van der Waals surface area contributed by atoms with Crippen molar-refractivity contribution in [2.24, 2.45) is 0 Å². The van der Waals surface area contributed by atoms with Crippen molar-refractivity contribution in [2.45, 2.75) is 25.0 Å². The van der Waals surface area contributed by atoms with Crippen LogP contribution in [0.5, 0.6) is 0 Å². The van der Waals surface area contributed by atoms with Crippen LogP contribution >= 0.6 is 23.2 Å². The van der Waals surface area contributed by atoms with Gasteiger partial charge in [0.15, 0.2) is 9.84 Å². The molecule has 4 nitrogen and oxygen atoms in total. The minimum absolute atomic E-state index is 0.110. The van der Waals surface area contributed by atoms with Gasteiger partial charge >= 0.3 is 0 Å². The average molecular weight is 338 g/mol. The Labute approximate surface area is 129 Å². The van der Waals surface area contributed by atoms with Gasteiger partial charge < -0.3 is 10.4 Å². The number of rotatable bonds is 4. The monoisotopic (exact) mass is 337 g/mol. The van der Waals surface area contributed by atoms with Crippen LogP contribution in [0.3, 0.4) is 0 Å². The fourth-order valence-electron chi connectivity index (χ4n) is 2.34. The third-order valence-electron chi connectivity index (χ3n) is 3.38. The van der Waals surface area contributed by atoms with E-state index in [0.29, 0.717) is 22.0 Å². The van der Waals surface area contributed by atoms with E-state index in [9.17, 15) is 13.5 Å². The van der Waals surface area contributed by atoms with Gasteiger partial charge in [0.2, 0.25) is 0 Å². The molecule has 7 heteroatoms. The maximum absolute atomic E-state index is 11.5. The number of sulfone groups is 1. The van der Waals surface area contributed by atoms with Crippen LogP contribution in [-0.2, 0) is 9.84 Å². The van der Waals surface area contributed by atoms with E-state index in [2.05, 4.69) is 5.32 Å². The molecule has 1 saturated heterocycles. The van der Waals surface area contributed by atoms with Gasteiger partial charge in [0.05, 0.1) is 17.6 Å². The molecule has 2 atom stereocenters. The Bertz CT molecular complexity index is 577. The van der Waals surface area contributed by atoms with Crippen LogP contribution in [0.2, 0.25) is 10.0 Å². The highest BCUT2D eigenvalue weighted by Crippen LogP contribution is 2.26. The fourth-order valence-corrected chi connectivity index (χ4v) is 4.44. The molecule has 0 spiro atoms. The van der Waals surface area contributed by atoms with Gasteiger partial charge in [-0.3, -0.25) is 0 Å². The molecule has 1 aromatic rings. The second-order valence-corrected chi connectivity index (χ2v) is 8.12. The van der Waals surface area contributed by atoms with Gasteiger partial charge in [0, 0.05) is 28.2 Å². The molecule has 0 aromatic heterocycles. The zero-order valence-corrected chi connectivity index (χ0v) is 13.2. The van der Waals surface area contributed by atoms with Crippen LogP contribution in [0.4, 0.5) is 0 Å². The standard InChI is InChI=1S/C13H17Cl2NO3S/c14-9-3-4-12(15)11(6-9)13(17)7-16-10-2-1-5-20(18,19)8-10/h3-4,6,10,13,16-17H,1-2,5,7-8H2. The molecular weight excluding hydrogens is 321 g/mol. The summed E-state index contributed by atoms with van der Waals surface area (Å²) in [4.78, 5) is 0. The van der Waals surface area contributed by atoms with E-state index >= 15 is 0 Å². The summed E-state index contributed by atoms with van der Waals surface area (Å²) in [5.41, 5.74) is 0.547. The highest BCUT2D eigenvalue weighted by molar-refractivity contribution is 7.91. The molecule has 1 fully saturated rings. The molecule has 0 amide bonds. The van der Waals surface area contributed by atoms with Gasteiger partial charge in [-0.25, -0.2) is 8.42 Å². The number of nitrogens with one attached hydrogen (secondary N) is 1. The lowest BCUT2D eigenvalue weighted by Gasteiger charge is -2.24. The summed E-state index contributed by atoms with van der Waals surface area (Å²) < 4.78 is 23.1. The van der Waals surface area contributed by atoms with Crippen LogP contribution < -0.4 is 5.32 Å². The van der Waals surface area contributed by atoms with Crippen LogP contribution in [0, 0.1) is 0 Å². The first-order valence-electron chi connectivity index (χ1n) is 6.44. The van der Waals surface area contributed by atoms with Crippen molar-refractivity contribution < 1.29 is 13.5 Å². The lowest BCUT2D eigenvalue weighted by Crippen LogP contribution is -2.41. The molecule has 0 radical (unpaired) electrons. The van der Waals surface area contributed by atoms with E-state index in [1.807, 2.05) is 0 Å². The third-order valence-corrected chi connectivity index (χ3v) is 5.78. The van der Waals surface area contributed by atoms with Crippen molar-refractivity contribution in [1.29, 1.82) is 0 Å². The Kier molecular flexibility index (Phi) is 5.31. The number of benzene rings is 1. The van der Waals surface area contributed by atoms with Crippen molar-refractivity contribution in [3.8, 4) is 0 Å². The highest BCUT2D eigenvalue weighted by atomic mass is 35.5. The largest absolute Gasteiger partial charge is 0.387 e. The zero-order valence-electron chi connectivity index (χ0n) is 10.9. The molecule has 112 valence electrons. The number of aliphatic hydroxyl groups excluding tert-OH is 1. The molecule has 20 heavy (non-hydrogen) atoms. The lowest BCUT2D eigenvalue weighted by molar-refractivity contribution is 0.170. The molecule has 0 aliphatic carbocycles. The molecule has 1 aromatic carbocycles. The minimum atomic E-state index is -2.95. The molecule has 1 aliphatic rings. The lowest BCUT2D eigenvalue weighted by atomic mass is 10.1. The smallest absolute Gasteiger partial charge is 0.151 e.